The fraction of sp³-hybridized carbons (Fsp3) is 0.333. The molecule has 23 heavy (non-hydrogen) atoms. The predicted octanol–water partition coefficient (Wildman–Crippen LogP) is 2.58. The lowest BCUT2D eigenvalue weighted by Crippen LogP contribution is -2.30. The molecule has 1 aliphatic rings. The van der Waals surface area contributed by atoms with Gasteiger partial charge in [-0.25, -0.2) is 8.42 Å². The molecule has 1 atom stereocenters. The quantitative estimate of drug-likeness (QED) is 0.917. The van der Waals surface area contributed by atoms with Crippen molar-refractivity contribution in [1.29, 1.82) is 0 Å². The van der Waals surface area contributed by atoms with E-state index in [-0.39, 0.29) is 0 Å². The average Bonchev–Trinajstić information content (AvgIpc) is 3.06. The molecule has 4 nitrogen and oxygen atoms in total. The molecule has 0 aromatic heterocycles. The monoisotopic (exact) mass is 330 g/mol. The van der Waals surface area contributed by atoms with Crippen LogP contribution in [-0.2, 0) is 10.0 Å². The first kappa shape index (κ1) is 16.2. The molecule has 1 fully saturated rings. The summed E-state index contributed by atoms with van der Waals surface area (Å²) in [6.45, 7) is 2.04. The van der Waals surface area contributed by atoms with Crippen LogP contribution in [0.5, 0.6) is 0 Å². The van der Waals surface area contributed by atoms with Gasteiger partial charge >= 0.3 is 0 Å². The number of benzene rings is 2. The van der Waals surface area contributed by atoms with Crippen molar-refractivity contribution in [2.45, 2.75) is 11.3 Å². The molecule has 3 rings (SSSR count). The van der Waals surface area contributed by atoms with E-state index in [2.05, 4.69) is 5.32 Å². The number of hydrogen-bond donors (Lipinski definition) is 1. The first-order chi connectivity index (χ1) is 11.1. The van der Waals surface area contributed by atoms with Gasteiger partial charge in [-0.1, -0.05) is 48.5 Å². The van der Waals surface area contributed by atoms with Crippen LogP contribution in [0.3, 0.4) is 0 Å². The summed E-state index contributed by atoms with van der Waals surface area (Å²) in [4.78, 5) is 0.399. The molecule has 122 valence electrons. The SMILES string of the molecule is CNCC1CCN(S(=O)(=O)c2ccccc2-c2ccccc2)C1. The summed E-state index contributed by atoms with van der Waals surface area (Å²) in [5.74, 6) is 0.388. The lowest BCUT2D eigenvalue weighted by atomic mass is 10.1. The van der Waals surface area contributed by atoms with Gasteiger partial charge in [0.2, 0.25) is 10.0 Å². The van der Waals surface area contributed by atoms with Crippen molar-refractivity contribution in [3.05, 3.63) is 54.6 Å². The van der Waals surface area contributed by atoms with Gasteiger partial charge in [-0.2, -0.15) is 4.31 Å². The van der Waals surface area contributed by atoms with Crippen LogP contribution in [0.15, 0.2) is 59.5 Å². The Morgan fingerprint density at radius 2 is 1.78 bits per heavy atom. The van der Waals surface area contributed by atoms with Gasteiger partial charge < -0.3 is 5.32 Å². The van der Waals surface area contributed by atoms with Crippen LogP contribution in [0, 0.1) is 5.92 Å². The molecule has 0 spiro atoms. The average molecular weight is 330 g/mol. The van der Waals surface area contributed by atoms with E-state index >= 15 is 0 Å². The molecule has 5 heteroatoms. The van der Waals surface area contributed by atoms with Gasteiger partial charge in [0.1, 0.15) is 0 Å². The molecule has 0 saturated carbocycles. The maximum atomic E-state index is 13.1. The fourth-order valence-electron chi connectivity index (χ4n) is 3.16. The van der Waals surface area contributed by atoms with Crippen LogP contribution in [0.4, 0.5) is 0 Å². The van der Waals surface area contributed by atoms with E-state index in [4.69, 9.17) is 0 Å². The molecular formula is C18H22N2O2S. The van der Waals surface area contributed by atoms with Crippen molar-refractivity contribution in [2.75, 3.05) is 26.7 Å². The number of rotatable bonds is 5. The second-order valence-electron chi connectivity index (χ2n) is 5.94. The van der Waals surface area contributed by atoms with E-state index in [0.717, 1.165) is 24.1 Å². The molecule has 1 saturated heterocycles. The first-order valence-corrected chi connectivity index (χ1v) is 9.36. The third kappa shape index (κ3) is 3.32. The Bertz CT molecular complexity index is 760. The molecule has 1 unspecified atom stereocenters. The minimum Gasteiger partial charge on any atom is -0.319 e. The lowest BCUT2D eigenvalue weighted by molar-refractivity contribution is 0.451. The van der Waals surface area contributed by atoms with Gasteiger partial charge in [0, 0.05) is 18.7 Å². The fourth-order valence-corrected chi connectivity index (χ4v) is 4.90. The van der Waals surface area contributed by atoms with Crippen molar-refractivity contribution in [2.24, 2.45) is 5.92 Å². The third-order valence-corrected chi connectivity index (χ3v) is 6.25. The van der Waals surface area contributed by atoms with Crippen molar-refractivity contribution >= 4 is 10.0 Å². The summed E-state index contributed by atoms with van der Waals surface area (Å²) in [5.41, 5.74) is 1.70. The maximum Gasteiger partial charge on any atom is 0.243 e. The topological polar surface area (TPSA) is 49.4 Å². The van der Waals surface area contributed by atoms with Crippen LogP contribution >= 0.6 is 0 Å². The van der Waals surface area contributed by atoms with Crippen LogP contribution < -0.4 is 5.32 Å². The summed E-state index contributed by atoms with van der Waals surface area (Å²) in [6.07, 6.45) is 0.910. The Morgan fingerprint density at radius 3 is 2.52 bits per heavy atom. The van der Waals surface area contributed by atoms with Crippen LogP contribution in [0.25, 0.3) is 11.1 Å². The van der Waals surface area contributed by atoms with E-state index in [9.17, 15) is 8.42 Å². The maximum absolute atomic E-state index is 13.1. The zero-order chi connectivity index (χ0) is 16.3. The van der Waals surface area contributed by atoms with Gasteiger partial charge in [-0.15, -0.1) is 0 Å². The molecular weight excluding hydrogens is 308 g/mol. The molecule has 0 bridgehead atoms. The Hall–Kier alpha value is -1.69. The molecule has 1 aliphatic heterocycles. The smallest absolute Gasteiger partial charge is 0.243 e. The molecule has 2 aromatic carbocycles. The molecule has 0 radical (unpaired) electrons. The Morgan fingerprint density at radius 1 is 1.09 bits per heavy atom. The zero-order valence-corrected chi connectivity index (χ0v) is 14.1. The van der Waals surface area contributed by atoms with Crippen molar-refractivity contribution in [3.63, 3.8) is 0 Å². The lowest BCUT2D eigenvalue weighted by Gasteiger charge is -2.19. The molecule has 1 N–H and O–H groups in total. The standard InChI is InChI=1S/C18H22N2O2S/c1-19-13-15-11-12-20(14-15)23(21,22)18-10-6-5-9-17(18)16-7-3-2-4-8-16/h2-10,15,19H,11-14H2,1H3. The largest absolute Gasteiger partial charge is 0.319 e. The van der Waals surface area contributed by atoms with Crippen LogP contribution in [-0.4, -0.2) is 39.4 Å². The van der Waals surface area contributed by atoms with Crippen molar-refractivity contribution in [1.82, 2.24) is 9.62 Å². The van der Waals surface area contributed by atoms with E-state index in [0.29, 0.717) is 23.9 Å². The highest BCUT2D eigenvalue weighted by atomic mass is 32.2. The minimum atomic E-state index is -3.46. The van der Waals surface area contributed by atoms with Gasteiger partial charge in [0.15, 0.2) is 0 Å². The summed E-state index contributed by atoms with van der Waals surface area (Å²) in [6, 6.07) is 16.9. The Kier molecular flexibility index (Phi) is 4.80. The Labute approximate surface area is 138 Å². The first-order valence-electron chi connectivity index (χ1n) is 7.92. The van der Waals surface area contributed by atoms with Gasteiger partial charge in [-0.05, 0) is 37.6 Å². The van der Waals surface area contributed by atoms with Crippen molar-refractivity contribution < 1.29 is 8.42 Å². The van der Waals surface area contributed by atoms with E-state index < -0.39 is 10.0 Å². The molecule has 2 aromatic rings. The number of nitrogens with zero attached hydrogens (tertiary/aromatic N) is 1. The summed E-state index contributed by atoms with van der Waals surface area (Å²) >= 11 is 0. The molecule has 0 aliphatic carbocycles. The highest BCUT2D eigenvalue weighted by Gasteiger charge is 2.33. The van der Waals surface area contributed by atoms with Crippen LogP contribution in [0.1, 0.15) is 6.42 Å². The van der Waals surface area contributed by atoms with Gasteiger partial charge in [0.05, 0.1) is 4.90 Å². The Balaban J connectivity index is 1.96. The predicted molar refractivity (Wildman–Crippen MR) is 92.7 cm³/mol. The second-order valence-corrected chi connectivity index (χ2v) is 7.84. The zero-order valence-electron chi connectivity index (χ0n) is 13.3. The normalized spacial score (nSPS) is 19.1. The number of hydrogen-bond acceptors (Lipinski definition) is 3. The molecule has 1 heterocycles. The van der Waals surface area contributed by atoms with Crippen LogP contribution in [0.2, 0.25) is 0 Å². The van der Waals surface area contributed by atoms with E-state index in [1.165, 1.54) is 0 Å². The summed E-state index contributed by atoms with van der Waals surface area (Å²) in [5, 5.41) is 3.14. The highest BCUT2D eigenvalue weighted by molar-refractivity contribution is 7.89. The van der Waals surface area contributed by atoms with E-state index in [1.54, 1.807) is 16.4 Å². The van der Waals surface area contributed by atoms with Gasteiger partial charge in [-0.3, -0.25) is 0 Å². The summed E-state index contributed by atoms with van der Waals surface area (Å²) in [7, 11) is -1.56. The van der Waals surface area contributed by atoms with Crippen molar-refractivity contribution in [3.8, 4) is 11.1 Å². The third-order valence-electron chi connectivity index (χ3n) is 4.33. The second kappa shape index (κ2) is 6.83. The number of nitrogens with one attached hydrogen (secondary N) is 1. The molecule has 0 amide bonds. The van der Waals surface area contributed by atoms with Gasteiger partial charge in [0.25, 0.3) is 0 Å². The minimum absolute atomic E-state index is 0.388. The summed E-state index contributed by atoms with van der Waals surface area (Å²) < 4.78 is 27.8. The number of sulfonamides is 1. The highest BCUT2D eigenvalue weighted by Crippen LogP contribution is 2.31. The van der Waals surface area contributed by atoms with E-state index in [1.807, 2.05) is 49.5 Å².